The number of Topliss-reactive ketones (excluding diaryl/α,β-unsaturated/α-hetero) is 1. The molecule has 182 valence electrons. The topological polar surface area (TPSA) is 85.1 Å². The summed E-state index contributed by atoms with van der Waals surface area (Å²) in [5.74, 6) is 1.62. The van der Waals surface area contributed by atoms with Gasteiger partial charge in [-0.05, 0) is 56.0 Å². The van der Waals surface area contributed by atoms with Crippen LogP contribution in [0.15, 0.2) is 46.9 Å². The zero-order valence-electron chi connectivity index (χ0n) is 19.7. The van der Waals surface area contributed by atoms with E-state index in [4.69, 9.17) is 13.9 Å². The smallest absolute Gasteiger partial charge is 0.298 e. The molecule has 3 aliphatic heterocycles. The molecule has 0 saturated carbocycles. The molecule has 0 N–H and O–H groups in total. The summed E-state index contributed by atoms with van der Waals surface area (Å²) in [4.78, 5) is 34.9. The van der Waals surface area contributed by atoms with Crippen LogP contribution in [0, 0.1) is 11.8 Å². The molecule has 0 radical (unpaired) electrons. The van der Waals surface area contributed by atoms with E-state index >= 15 is 0 Å². The number of amides is 1. The molecule has 8 heteroatoms. The number of ketones is 1. The number of nitrogens with zero attached hydrogens (tertiary/aromatic N) is 3. The molecule has 6 rings (SSSR count). The van der Waals surface area contributed by atoms with E-state index in [0.29, 0.717) is 62.2 Å². The molecule has 0 spiro atoms. The first-order valence-corrected chi connectivity index (χ1v) is 12.5. The zero-order valence-corrected chi connectivity index (χ0v) is 19.7. The summed E-state index contributed by atoms with van der Waals surface area (Å²) >= 11 is 0. The van der Waals surface area contributed by atoms with E-state index in [-0.39, 0.29) is 23.5 Å². The van der Waals surface area contributed by atoms with E-state index in [1.807, 2.05) is 41.3 Å². The second-order valence-electron chi connectivity index (χ2n) is 9.55. The Labute approximate surface area is 203 Å². The lowest BCUT2D eigenvalue weighted by Crippen LogP contribution is -2.46. The van der Waals surface area contributed by atoms with Gasteiger partial charge in [0.2, 0.25) is 5.91 Å². The van der Waals surface area contributed by atoms with Crippen LogP contribution in [0.2, 0.25) is 0 Å². The van der Waals surface area contributed by atoms with Gasteiger partial charge in [-0.15, -0.1) is 0 Å². The number of likely N-dealkylation sites (tertiary alicyclic amines) is 1. The number of aromatic nitrogens is 1. The normalized spacial score (nSPS) is 19.2. The van der Waals surface area contributed by atoms with E-state index in [2.05, 4.69) is 9.88 Å². The van der Waals surface area contributed by atoms with Crippen LogP contribution in [0.25, 0.3) is 11.1 Å². The van der Waals surface area contributed by atoms with Crippen molar-refractivity contribution in [1.29, 1.82) is 0 Å². The fourth-order valence-corrected chi connectivity index (χ4v) is 5.37. The van der Waals surface area contributed by atoms with Gasteiger partial charge in [0.1, 0.15) is 18.7 Å². The summed E-state index contributed by atoms with van der Waals surface area (Å²) < 4.78 is 17.1. The van der Waals surface area contributed by atoms with Gasteiger partial charge < -0.3 is 23.7 Å². The quantitative estimate of drug-likeness (QED) is 0.529. The predicted octanol–water partition coefficient (Wildman–Crippen LogP) is 3.94. The fraction of sp³-hybridized carbons (Fsp3) is 0.444. The maximum absolute atomic E-state index is 13.2. The van der Waals surface area contributed by atoms with Crippen LogP contribution in [0.1, 0.15) is 36.0 Å². The number of benzene rings is 2. The van der Waals surface area contributed by atoms with Gasteiger partial charge in [-0.2, -0.15) is 4.98 Å². The van der Waals surface area contributed by atoms with Gasteiger partial charge in [0.25, 0.3) is 6.01 Å². The first-order chi connectivity index (χ1) is 17.2. The Hall–Kier alpha value is -3.55. The summed E-state index contributed by atoms with van der Waals surface area (Å²) in [5, 5.41) is 0. The van der Waals surface area contributed by atoms with E-state index in [1.54, 1.807) is 6.07 Å². The highest BCUT2D eigenvalue weighted by Gasteiger charge is 2.34. The number of carbonyl (C=O) groups excluding carboxylic acids is 2. The van der Waals surface area contributed by atoms with Gasteiger partial charge in [0.05, 0.1) is 0 Å². The molecule has 0 atom stereocenters. The molecule has 35 heavy (non-hydrogen) atoms. The highest BCUT2D eigenvalue weighted by atomic mass is 16.6. The number of piperidine rings is 2. The van der Waals surface area contributed by atoms with Crippen molar-refractivity contribution in [2.24, 2.45) is 11.8 Å². The minimum absolute atomic E-state index is 0.0145. The van der Waals surface area contributed by atoms with Crippen LogP contribution in [0.3, 0.4) is 0 Å². The number of fused-ring (bicyclic) bond motifs is 2. The van der Waals surface area contributed by atoms with Crippen molar-refractivity contribution in [3.63, 3.8) is 0 Å². The SMILES string of the molecule is O=C(c1ccc2c(c1)OCCO2)C1CCN(C(=O)C2CCN(c3nc4ccccc4o3)CC2)CC1. The lowest BCUT2D eigenvalue weighted by atomic mass is 9.87. The Kier molecular flexibility index (Phi) is 5.80. The van der Waals surface area contributed by atoms with Crippen LogP contribution in [-0.2, 0) is 4.79 Å². The average molecular weight is 476 g/mol. The third-order valence-electron chi connectivity index (χ3n) is 7.40. The molecule has 2 fully saturated rings. The van der Waals surface area contributed by atoms with Crippen LogP contribution < -0.4 is 14.4 Å². The Morgan fingerprint density at radius 3 is 2.31 bits per heavy atom. The molecule has 0 aliphatic carbocycles. The number of rotatable bonds is 4. The predicted molar refractivity (Wildman–Crippen MR) is 130 cm³/mol. The molecule has 0 bridgehead atoms. The van der Waals surface area contributed by atoms with Gasteiger partial charge in [-0.25, -0.2) is 0 Å². The third-order valence-corrected chi connectivity index (χ3v) is 7.40. The highest BCUT2D eigenvalue weighted by Crippen LogP contribution is 2.33. The number of anilines is 1. The zero-order chi connectivity index (χ0) is 23.8. The third kappa shape index (κ3) is 4.33. The number of ether oxygens (including phenoxy) is 2. The van der Waals surface area contributed by atoms with E-state index in [0.717, 1.165) is 37.0 Å². The molecule has 2 saturated heterocycles. The lowest BCUT2D eigenvalue weighted by Gasteiger charge is -2.36. The molecule has 0 unspecified atom stereocenters. The van der Waals surface area contributed by atoms with Gasteiger partial charge >= 0.3 is 0 Å². The summed E-state index contributed by atoms with van der Waals surface area (Å²) in [6.45, 7) is 3.79. The fourth-order valence-electron chi connectivity index (χ4n) is 5.37. The van der Waals surface area contributed by atoms with Gasteiger partial charge in [0, 0.05) is 43.6 Å². The number of oxazole rings is 1. The number of carbonyl (C=O) groups is 2. The maximum atomic E-state index is 13.2. The first kappa shape index (κ1) is 21.9. The number of hydrogen-bond acceptors (Lipinski definition) is 7. The molecule has 3 aromatic rings. The Balaban J connectivity index is 1.02. The van der Waals surface area contributed by atoms with Crippen LogP contribution >= 0.6 is 0 Å². The molecule has 8 nitrogen and oxygen atoms in total. The average Bonchev–Trinajstić information content (AvgIpc) is 3.37. The van der Waals surface area contributed by atoms with Gasteiger partial charge in [-0.1, -0.05) is 12.1 Å². The summed E-state index contributed by atoms with van der Waals surface area (Å²) in [5.41, 5.74) is 2.30. The van der Waals surface area contributed by atoms with Crippen molar-refractivity contribution in [2.45, 2.75) is 25.7 Å². The van der Waals surface area contributed by atoms with Crippen molar-refractivity contribution in [3.05, 3.63) is 48.0 Å². The molecule has 1 aromatic heterocycles. The van der Waals surface area contributed by atoms with Crippen LogP contribution in [-0.4, -0.2) is 61.0 Å². The monoisotopic (exact) mass is 475 g/mol. The highest BCUT2D eigenvalue weighted by molar-refractivity contribution is 5.98. The molecule has 3 aliphatic rings. The standard InChI is InChI=1S/C27H29N3O5/c31-25(20-5-6-23-24(17-20)34-16-15-33-23)18-7-11-29(12-8-18)26(32)19-9-13-30(14-10-19)27-28-21-3-1-2-4-22(21)35-27/h1-6,17-19H,7-16H2. The number of hydrogen-bond donors (Lipinski definition) is 0. The molecule has 2 aromatic carbocycles. The van der Waals surface area contributed by atoms with Gasteiger partial charge in [-0.3, -0.25) is 9.59 Å². The van der Waals surface area contributed by atoms with E-state index < -0.39 is 0 Å². The van der Waals surface area contributed by atoms with Crippen molar-refractivity contribution in [1.82, 2.24) is 9.88 Å². The van der Waals surface area contributed by atoms with Crippen LogP contribution in [0.4, 0.5) is 6.01 Å². The summed E-state index contributed by atoms with van der Waals surface area (Å²) in [7, 11) is 0. The van der Waals surface area contributed by atoms with E-state index in [1.165, 1.54) is 0 Å². The maximum Gasteiger partial charge on any atom is 0.298 e. The molecular formula is C27H29N3O5. The first-order valence-electron chi connectivity index (χ1n) is 12.5. The lowest BCUT2D eigenvalue weighted by molar-refractivity contribution is -0.137. The Bertz CT molecular complexity index is 1210. The Morgan fingerprint density at radius 1 is 0.829 bits per heavy atom. The van der Waals surface area contributed by atoms with Crippen molar-refractivity contribution in [3.8, 4) is 11.5 Å². The van der Waals surface area contributed by atoms with Crippen molar-refractivity contribution >= 4 is 28.8 Å². The minimum Gasteiger partial charge on any atom is -0.486 e. The molecule has 1 amide bonds. The van der Waals surface area contributed by atoms with Crippen molar-refractivity contribution in [2.75, 3.05) is 44.3 Å². The summed E-state index contributed by atoms with van der Waals surface area (Å²) in [6.07, 6.45) is 2.96. The van der Waals surface area contributed by atoms with Crippen LogP contribution in [0.5, 0.6) is 11.5 Å². The van der Waals surface area contributed by atoms with Crippen molar-refractivity contribution < 1.29 is 23.5 Å². The largest absolute Gasteiger partial charge is 0.486 e. The second kappa shape index (κ2) is 9.24. The second-order valence-corrected chi connectivity index (χ2v) is 9.55. The summed E-state index contributed by atoms with van der Waals surface area (Å²) in [6, 6.07) is 13.8. The Morgan fingerprint density at radius 2 is 1.54 bits per heavy atom. The van der Waals surface area contributed by atoms with Gasteiger partial charge in [0.15, 0.2) is 22.9 Å². The molecule has 4 heterocycles. The molecular weight excluding hydrogens is 446 g/mol. The number of para-hydroxylation sites is 2. The minimum atomic E-state index is -0.0670. The van der Waals surface area contributed by atoms with E-state index in [9.17, 15) is 9.59 Å².